The number of benzene rings is 3. The fourth-order valence-electron chi connectivity index (χ4n) is 3.35. The van der Waals surface area contributed by atoms with E-state index in [4.69, 9.17) is 14.2 Å². The number of ether oxygens (including phenoxy) is 3. The second-order valence-corrected chi connectivity index (χ2v) is 7.07. The highest BCUT2D eigenvalue weighted by Crippen LogP contribution is 2.20. The van der Waals surface area contributed by atoms with E-state index in [1.54, 1.807) is 7.11 Å². The lowest BCUT2D eigenvalue weighted by Gasteiger charge is -2.12. The van der Waals surface area contributed by atoms with Crippen molar-refractivity contribution in [2.45, 2.75) is 13.1 Å². The van der Waals surface area contributed by atoms with Crippen molar-refractivity contribution < 1.29 is 19.0 Å². The molecule has 0 saturated carbocycles. The van der Waals surface area contributed by atoms with E-state index in [0.717, 1.165) is 28.4 Å². The number of imidazole rings is 1. The van der Waals surface area contributed by atoms with Crippen molar-refractivity contribution in [1.82, 2.24) is 14.9 Å². The maximum atomic E-state index is 12.3. The molecule has 0 unspecified atom stereocenters. The van der Waals surface area contributed by atoms with Gasteiger partial charge in [-0.15, -0.1) is 0 Å². The predicted molar refractivity (Wildman–Crippen MR) is 122 cm³/mol. The molecule has 0 aliphatic carbocycles. The lowest BCUT2D eigenvalue weighted by molar-refractivity contribution is -0.123. The van der Waals surface area contributed by atoms with Gasteiger partial charge >= 0.3 is 0 Å². The van der Waals surface area contributed by atoms with Gasteiger partial charge in [-0.2, -0.15) is 0 Å². The molecule has 7 heteroatoms. The molecule has 1 heterocycles. The molecule has 3 aromatic carbocycles. The van der Waals surface area contributed by atoms with Gasteiger partial charge in [0.25, 0.3) is 5.91 Å². The highest BCUT2D eigenvalue weighted by Gasteiger charge is 2.12. The molecule has 1 N–H and O–H groups in total. The third-order valence-electron chi connectivity index (χ3n) is 4.92. The van der Waals surface area contributed by atoms with E-state index in [0.29, 0.717) is 25.4 Å². The number of nitrogens with one attached hydrogen (secondary N) is 1. The molecule has 1 aromatic heterocycles. The Morgan fingerprint density at radius 1 is 0.906 bits per heavy atom. The van der Waals surface area contributed by atoms with Crippen molar-refractivity contribution in [3.63, 3.8) is 0 Å². The SMILES string of the molecule is COc1cccc(OCCn2c(CNC(=O)COc3ccccc3)nc3ccccc32)c1. The number of carbonyl (C=O) groups is 1. The summed E-state index contributed by atoms with van der Waals surface area (Å²) in [5.41, 5.74) is 1.87. The predicted octanol–water partition coefficient (Wildman–Crippen LogP) is 3.82. The molecule has 7 nitrogen and oxygen atoms in total. The quantitative estimate of drug-likeness (QED) is 0.413. The zero-order chi connectivity index (χ0) is 22.2. The van der Waals surface area contributed by atoms with Crippen LogP contribution in [0, 0.1) is 0 Å². The van der Waals surface area contributed by atoms with Gasteiger partial charge < -0.3 is 24.1 Å². The Morgan fingerprint density at radius 2 is 1.66 bits per heavy atom. The van der Waals surface area contributed by atoms with E-state index < -0.39 is 0 Å². The van der Waals surface area contributed by atoms with Crippen molar-refractivity contribution in [2.24, 2.45) is 0 Å². The minimum Gasteiger partial charge on any atom is -0.497 e. The van der Waals surface area contributed by atoms with Crippen molar-refractivity contribution in [2.75, 3.05) is 20.3 Å². The number of hydrogen-bond donors (Lipinski definition) is 1. The summed E-state index contributed by atoms with van der Waals surface area (Å²) in [6, 6.07) is 24.6. The molecule has 0 saturated heterocycles. The van der Waals surface area contributed by atoms with Crippen molar-refractivity contribution in [3.05, 3.63) is 84.7 Å². The van der Waals surface area contributed by atoms with Crippen molar-refractivity contribution >= 4 is 16.9 Å². The van der Waals surface area contributed by atoms with E-state index in [1.165, 1.54) is 0 Å². The molecule has 0 bridgehead atoms. The Labute approximate surface area is 186 Å². The first-order valence-corrected chi connectivity index (χ1v) is 10.4. The summed E-state index contributed by atoms with van der Waals surface area (Å²) in [6.07, 6.45) is 0. The molecule has 0 atom stereocenters. The molecular weight excluding hydrogens is 406 g/mol. The maximum Gasteiger partial charge on any atom is 0.258 e. The van der Waals surface area contributed by atoms with E-state index in [1.807, 2.05) is 78.9 Å². The first-order chi connectivity index (χ1) is 15.7. The minimum absolute atomic E-state index is 0.0524. The maximum absolute atomic E-state index is 12.3. The van der Waals surface area contributed by atoms with Crippen LogP contribution in [-0.4, -0.2) is 35.8 Å². The van der Waals surface area contributed by atoms with Gasteiger partial charge in [-0.25, -0.2) is 4.98 Å². The van der Waals surface area contributed by atoms with Gasteiger partial charge in [0, 0.05) is 6.07 Å². The molecular formula is C25H25N3O4. The highest BCUT2D eigenvalue weighted by atomic mass is 16.5. The first-order valence-electron chi connectivity index (χ1n) is 10.4. The summed E-state index contributed by atoms with van der Waals surface area (Å²) in [5.74, 6) is 2.69. The van der Waals surface area contributed by atoms with Crippen molar-refractivity contribution in [3.8, 4) is 17.2 Å². The van der Waals surface area contributed by atoms with E-state index in [9.17, 15) is 4.79 Å². The lowest BCUT2D eigenvalue weighted by atomic mass is 10.3. The Hall–Kier alpha value is -4.00. The number of hydrogen-bond acceptors (Lipinski definition) is 5. The van der Waals surface area contributed by atoms with Gasteiger partial charge in [-0.1, -0.05) is 36.4 Å². The third-order valence-corrected chi connectivity index (χ3v) is 4.92. The number of fused-ring (bicyclic) bond motifs is 1. The topological polar surface area (TPSA) is 74.6 Å². The van der Waals surface area contributed by atoms with Crippen LogP contribution in [0.5, 0.6) is 17.2 Å². The highest BCUT2D eigenvalue weighted by molar-refractivity contribution is 5.78. The van der Waals surface area contributed by atoms with Crippen molar-refractivity contribution in [1.29, 1.82) is 0 Å². The molecule has 0 fully saturated rings. The summed E-state index contributed by atoms with van der Waals surface area (Å²) in [4.78, 5) is 17.0. The van der Waals surface area contributed by atoms with Gasteiger partial charge in [0.05, 0.1) is 31.2 Å². The van der Waals surface area contributed by atoms with Crippen LogP contribution in [0.1, 0.15) is 5.82 Å². The molecule has 0 aliphatic heterocycles. The van der Waals surface area contributed by atoms with Gasteiger partial charge in [-0.3, -0.25) is 4.79 Å². The zero-order valence-corrected chi connectivity index (χ0v) is 17.9. The minimum atomic E-state index is -0.208. The van der Waals surface area contributed by atoms with Crippen LogP contribution in [0.3, 0.4) is 0 Å². The Bertz CT molecular complexity index is 1170. The molecule has 0 spiro atoms. The average molecular weight is 431 g/mol. The Kier molecular flexibility index (Phi) is 6.87. The number of carbonyl (C=O) groups excluding carboxylic acids is 1. The first kappa shape index (κ1) is 21.2. The fraction of sp³-hybridized carbons (Fsp3) is 0.200. The Balaban J connectivity index is 1.39. The summed E-state index contributed by atoms with van der Waals surface area (Å²) >= 11 is 0. The lowest BCUT2D eigenvalue weighted by Crippen LogP contribution is -2.29. The molecule has 0 radical (unpaired) electrons. The number of para-hydroxylation sites is 3. The monoisotopic (exact) mass is 431 g/mol. The van der Waals surface area contributed by atoms with Crippen LogP contribution >= 0.6 is 0 Å². The third kappa shape index (κ3) is 5.37. The number of nitrogens with zero attached hydrogens (tertiary/aromatic N) is 2. The zero-order valence-electron chi connectivity index (χ0n) is 17.9. The molecule has 4 rings (SSSR count). The molecule has 0 aliphatic rings. The van der Waals surface area contributed by atoms with Gasteiger partial charge in [0.1, 0.15) is 29.7 Å². The number of methoxy groups -OCH3 is 1. The van der Waals surface area contributed by atoms with Gasteiger partial charge in [-0.05, 0) is 36.4 Å². The number of amides is 1. The number of rotatable bonds is 10. The molecule has 1 amide bonds. The van der Waals surface area contributed by atoms with Crippen LogP contribution in [0.4, 0.5) is 0 Å². The normalized spacial score (nSPS) is 10.7. The second kappa shape index (κ2) is 10.3. The van der Waals surface area contributed by atoms with Gasteiger partial charge in [0.15, 0.2) is 6.61 Å². The second-order valence-electron chi connectivity index (χ2n) is 7.07. The van der Waals surface area contributed by atoms with Crippen LogP contribution in [0.2, 0.25) is 0 Å². The summed E-state index contributed by atoms with van der Waals surface area (Å²) in [7, 11) is 1.63. The van der Waals surface area contributed by atoms with E-state index in [-0.39, 0.29) is 12.5 Å². The molecule has 4 aromatic rings. The fourth-order valence-corrected chi connectivity index (χ4v) is 3.35. The number of aromatic nitrogens is 2. The summed E-state index contributed by atoms with van der Waals surface area (Å²) in [6.45, 7) is 1.28. The van der Waals surface area contributed by atoms with Crippen LogP contribution in [0.25, 0.3) is 11.0 Å². The van der Waals surface area contributed by atoms with Crippen LogP contribution in [0.15, 0.2) is 78.9 Å². The molecule has 32 heavy (non-hydrogen) atoms. The van der Waals surface area contributed by atoms with E-state index >= 15 is 0 Å². The Morgan fingerprint density at radius 3 is 2.50 bits per heavy atom. The van der Waals surface area contributed by atoms with E-state index in [2.05, 4.69) is 14.9 Å². The van der Waals surface area contributed by atoms with Gasteiger partial charge in [0.2, 0.25) is 0 Å². The van der Waals surface area contributed by atoms with Crippen LogP contribution in [-0.2, 0) is 17.9 Å². The van der Waals surface area contributed by atoms with Crippen LogP contribution < -0.4 is 19.5 Å². The standard InChI is InChI=1S/C25H25N3O4/c1-30-20-10-7-11-21(16-20)31-15-14-28-23-13-6-5-12-22(23)27-24(28)17-26-25(29)18-32-19-8-3-2-4-9-19/h2-13,16H,14-15,17-18H2,1H3,(H,26,29). The largest absolute Gasteiger partial charge is 0.497 e. The summed E-state index contributed by atoms with van der Waals surface area (Å²) < 4.78 is 18.7. The average Bonchev–Trinajstić information content (AvgIpc) is 3.20. The smallest absolute Gasteiger partial charge is 0.258 e. The molecule has 164 valence electrons. The summed E-state index contributed by atoms with van der Waals surface area (Å²) in [5, 5.41) is 2.89.